The van der Waals surface area contributed by atoms with Crippen LogP contribution in [0.15, 0.2) is 23.1 Å². The third-order valence-electron chi connectivity index (χ3n) is 3.78. The van der Waals surface area contributed by atoms with E-state index in [4.69, 9.17) is 5.26 Å². The van der Waals surface area contributed by atoms with Gasteiger partial charge in [0.25, 0.3) is 11.5 Å². The Kier molecular flexibility index (Phi) is 3.43. The lowest BCUT2D eigenvalue weighted by molar-refractivity contribution is 0.0661. The molecule has 0 spiro atoms. The molecule has 5 nitrogen and oxygen atoms in total. The number of aryl methyl sites for hydroxylation is 1. The van der Waals surface area contributed by atoms with Gasteiger partial charge in [0.1, 0.15) is 0 Å². The van der Waals surface area contributed by atoms with Crippen molar-refractivity contribution in [2.75, 3.05) is 13.1 Å². The molecule has 5 heteroatoms. The van der Waals surface area contributed by atoms with Crippen molar-refractivity contribution < 1.29 is 4.79 Å². The SMILES string of the molecule is Cn1ccc(C(=O)N2CCC(C)(C#N)CC2)cc1=O. The van der Waals surface area contributed by atoms with Gasteiger partial charge in [-0.15, -0.1) is 0 Å². The van der Waals surface area contributed by atoms with Crippen molar-refractivity contribution in [1.82, 2.24) is 9.47 Å². The topological polar surface area (TPSA) is 66.1 Å². The van der Waals surface area contributed by atoms with E-state index in [9.17, 15) is 9.59 Å². The van der Waals surface area contributed by atoms with Gasteiger partial charge in [0, 0.05) is 38.0 Å². The average Bonchev–Trinajstić information content (AvgIpc) is 2.42. The molecule has 1 aliphatic rings. The molecule has 2 rings (SSSR count). The lowest BCUT2D eigenvalue weighted by Gasteiger charge is -2.34. The van der Waals surface area contributed by atoms with Gasteiger partial charge >= 0.3 is 0 Å². The first-order chi connectivity index (χ1) is 8.95. The van der Waals surface area contributed by atoms with Crippen LogP contribution in [-0.4, -0.2) is 28.5 Å². The van der Waals surface area contributed by atoms with E-state index in [1.165, 1.54) is 10.6 Å². The fourth-order valence-electron chi connectivity index (χ4n) is 2.18. The highest BCUT2D eigenvalue weighted by atomic mass is 16.2. The van der Waals surface area contributed by atoms with Gasteiger partial charge in [0.05, 0.1) is 11.5 Å². The van der Waals surface area contributed by atoms with E-state index in [-0.39, 0.29) is 16.9 Å². The molecule has 1 aromatic heterocycles. The number of pyridine rings is 1. The van der Waals surface area contributed by atoms with Gasteiger partial charge in [-0.1, -0.05) is 0 Å². The Bertz CT molecular complexity index is 589. The molecule has 0 bridgehead atoms. The molecule has 0 N–H and O–H groups in total. The van der Waals surface area contributed by atoms with E-state index in [0.29, 0.717) is 31.5 Å². The van der Waals surface area contributed by atoms with E-state index in [2.05, 4.69) is 6.07 Å². The summed E-state index contributed by atoms with van der Waals surface area (Å²) in [5, 5.41) is 9.06. The lowest BCUT2D eigenvalue weighted by atomic mass is 9.82. The van der Waals surface area contributed by atoms with Crippen molar-refractivity contribution in [3.63, 3.8) is 0 Å². The number of nitriles is 1. The van der Waals surface area contributed by atoms with Crippen LogP contribution in [0.1, 0.15) is 30.1 Å². The summed E-state index contributed by atoms with van der Waals surface area (Å²) in [6.45, 7) is 3.06. The number of carbonyl (C=O) groups is 1. The van der Waals surface area contributed by atoms with Crippen LogP contribution in [-0.2, 0) is 7.05 Å². The molecule has 1 aliphatic heterocycles. The maximum absolute atomic E-state index is 12.3. The fraction of sp³-hybridized carbons (Fsp3) is 0.500. The summed E-state index contributed by atoms with van der Waals surface area (Å²) in [6, 6.07) is 5.32. The molecule has 1 fully saturated rings. The minimum absolute atomic E-state index is 0.127. The zero-order valence-electron chi connectivity index (χ0n) is 11.2. The Balaban J connectivity index is 2.12. The monoisotopic (exact) mass is 259 g/mol. The number of aromatic nitrogens is 1. The first-order valence-electron chi connectivity index (χ1n) is 6.32. The first kappa shape index (κ1) is 13.3. The fourth-order valence-corrected chi connectivity index (χ4v) is 2.18. The second-order valence-electron chi connectivity index (χ2n) is 5.33. The normalized spacial score (nSPS) is 17.8. The smallest absolute Gasteiger partial charge is 0.254 e. The Hall–Kier alpha value is -2.09. The summed E-state index contributed by atoms with van der Waals surface area (Å²) in [5.41, 5.74) is -0.0998. The lowest BCUT2D eigenvalue weighted by Crippen LogP contribution is -2.42. The van der Waals surface area contributed by atoms with Crippen molar-refractivity contribution in [2.45, 2.75) is 19.8 Å². The van der Waals surface area contributed by atoms with Gasteiger partial charge < -0.3 is 9.47 Å². The Morgan fingerprint density at radius 2 is 2.05 bits per heavy atom. The molecule has 2 heterocycles. The molecule has 0 saturated carbocycles. The summed E-state index contributed by atoms with van der Waals surface area (Å²) in [4.78, 5) is 25.5. The number of nitrogens with zero attached hydrogens (tertiary/aromatic N) is 3. The zero-order valence-corrected chi connectivity index (χ0v) is 11.2. The van der Waals surface area contributed by atoms with Crippen LogP contribution >= 0.6 is 0 Å². The first-order valence-corrected chi connectivity index (χ1v) is 6.32. The van der Waals surface area contributed by atoms with E-state index >= 15 is 0 Å². The molecule has 1 amide bonds. The number of carbonyl (C=O) groups excluding carboxylic acids is 1. The predicted molar refractivity (Wildman–Crippen MR) is 70.5 cm³/mol. The van der Waals surface area contributed by atoms with E-state index in [0.717, 1.165) is 0 Å². The third-order valence-corrected chi connectivity index (χ3v) is 3.78. The van der Waals surface area contributed by atoms with Gasteiger partial charge in [-0.2, -0.15) is 5.26 Å². The molecule has 1 aromatic rings. The van der Waals surface area contributed by atoms with Gasteiger partial charge in [-0.25, -0.2) is 0 Å². The van der Waals surface area contributed by atoms with E-state index < -0.39 is 0 Å². The second-order valence-corrected chi connectivity index (χ2v) is 5.33. The van der Waals surface area contributed by atoms with Gasteiger partial charge in [-0.3, -0.25) is 9.59 Å². The third kappa shape index (κ3) is 2.68. The van der Waals surface area contributed by atoms with Crippen LogP contribution < -0.4 is 5.56 Å². The molecule has 19 heavy (non-hydrogen) atoms. The Morgan fingerprint density at radius 3 is 2.58 bits per heavy atom. The molecular formula is C14H17N3O2. The Morgan fingerprint density at radius 1 is 1.42 bits per heavy atom. The zero-order chi connectivity index (χ0) is 14.0. The molecule has 0 aromatic carbocycles. The number of hydrogen-bond acceptors (Lipinski definition) is 3. The van der Waals surface area contributed by atoms with Crippen molar-refractivity contribution in [2.24, 2.45) is 12.5 Å². The van der Waals surface area contributed by atoms with Crippen LogP contribution in [0.2, 0.25) is 0 Å². The van der Waals surface area contributed by atoms with Crippen molar-refractivity contribution in [3.05, 3.63) is 34.2 Å². The minimum atomic E-state index is -0.330. The van der Waals surface area contributed by atoms with Crippen LogP contribution in [0, 0.1) is 16.7 Å². The minimum Gasteiger partial charge on any atom is -0.339 e. The van der Waals surface area contributed by atoms with Crippen LogP contribution in [0.3, 0.4) is 0 Å². The summed E-state index contributed by atoms with van der Waals surface area (Å²) in [6.07, 6.45) is 2.96. The molecule has 0 aliphatic carbocycles. The van der Waals surface area contributed by atoms with Crippen LogP contribution in [0.4, 0.5) is 0 Å². The Labute approximate surface area is 112 Å². The van der Waals surface area contributed by atoms with Crippen LogP contribution in [0.5, 0.6) is 0 Å². The second kappa shape index (κ2) is 4.88. The van der Waals surface area contributed by atoms with Crippen molar-refractivity contribution >= 4 is 5.91 Å². The number of piperidine rings is 1. The van der Waals surface area contributed by atoms with Gasteiger partial charge in [-0.05, 0) is 25.8 Å². The molecule has 0 unspecified atom stereocenters. The number of hydrogen-bond donors (Lipinski definition) is 0. The molecule has 1 saturated heterocycles. The number of likely N-dealkylation sites (tertiary alicyclic amines) is 1. The quantitative estimate of drug-likeness (QED) is 0.760. The molecular weight excluding hydrogens is 242 g/mol. The van der Waals surface area contributed by atoms with E-state index in [1.54, 1.807) is 24.2 Å². The standard InChI is InChI=1S/C14H17N3O2/c1-14(10-15)4-7-17(8-5-14)13(19)11-3-6-16(2)12(18)9-11/h3,6,9H,4-5,7-8H2,1-2H3. The predicted octanol–water partition coefficient (Wildman–Crippen LogP) is 1.15. The molecule has 100 valence electrons. The highest BCUT2D eigenvalue weighted by Crippen LogP contribution is 2.30. The average molecular weight is 259 g/mol. The maximum Gasteiger partial charge on any atom is 0.254 e. The molecule has 0 atom stereocenters. The van der Waals surface area contributed by atoms with E-state index in [1.807, 2.05) is 6.92 Å². The molecule has 0 radical (unpaired) electrons. The summed E-state index contributed by atoms with van der Waals surface area (Å²) >= 11 is 0. The number of amides is 1. The summed E-state index contributed by atoms with van der Waals surface area (Å²) in [7, 11) is 1.65. The number of rotatable bonds is 1. The highest BCUT2D eigenvalue weighted by molar-refractivity contribution is 5.94. The largest absolute Gasteiger partial charge is 0.339 e. The summed E-state index contributed by atoms with van der Waals surface area (Å²) in [5.74, 6) is -0.127. The summed E-state index contributed by atoms with van der Waals surface area (Å²) < 4.78 is 1.43. The van der Waals surface area contributed by atoms with Gasteiger partial charge in [0.15, 0.2) is 0 Å². The van der Waals surface area contributed by atoms with Crippen molar-refractivity contribution in [1.29, 1.82) is 5.26 Å². The maximum atomic E-state index is 12.3. The van der Waals surface area contributed by atoms with Gasteiger partial charge in [0.2, 0.25) is 0 Å². The highest BCUT2D eigenvalue weighted by Gasteiger charge is 2.32. The van der Waals surface area contributed by atoms with Crippen LogP contribution in [0.25, 0.3) is 0 Å². The van der Waals surface area contributed by atoms with Crippen molar-refractivity contribution in [3.8, 4) is 6.07 Å².